The molecule has 2 aromatic heterocycles. The zero-order valence-electron chi connectivity index (χ0n) is 11.9. The van der Waals surface area contributed by atoms with Crippen molar-refractivity contribution >= 4 is 17.1 Å². The molecule has 1 aliphatic rings. The van der Waals surface area contributed by atoms with Crippen molar-refractivity contribution in [3.63, 3.8) is 0 Å². The molecular formula is C14H19N5O. The van der Waals surface area contributed by atoms with Crippen molar-refractivity contribution in [3.05, 3.63) is 18.1 Å². The molecule has 0 radical (unpaired) electrons. The summed E-state index contributed by atoms with van der Waals surface area (Å²) in [5.41, 5.74) is 2.65. The quantitative estimate of drug-likeness (QED) is 0.831. The second-order valence-electron chi connectivity index (χ2n) is 5.27. The molecule has 1 aliphatic heterocycles. The third-order valence-electron chi connectivity index (χ3n) is 3.95. The monoisotopic (exact) mass is 273 g/mol. The van der Waals surface area contributed by atoms with Crippen molar-refractivity contribution in [2.75, 3.05) is 13.1 Å². The van der Waals surface area contributed by atoms with E-state index in [0.29, 0.717) is 6.42 Å². The van der Waals surface area contributed by atoms with Gasteiger partial charge in [-0.3, -0.25) is 4.79 Å². The summed E-state index contributed by atoms with van der Waals surface area (Å²) in [6.07, 6.45) is 6.02. The van der Waals surface area contributed by atoms with Crippen LogP contribution in [-0.2, 0) is 11.8 Å². The molecule has 1 atom stereocenters. The fourth-order valence-electron chi connectivity index (χ4n) is 2.93. The van der Waals surface area contributed by atoms with E-state index in [1.807, 2.05) is 18.9 Å². The lowest BCUT2D eigenvalue weighted by Gasteiger charge is -2.31. The Morgan fingerprint density at radius 2 is 2.20 bits per heavy atom. The topological polar surface area (TPSA) is 63.9 Å². The van der Waals surface area contributed by atoms with Crippen molar-refractivity contribution in [3.8, 4) is 0 Å². The Hall–Kier alpha value is -1.98. The van der Waals surface area contributed by atoms with Gasteiger partial charge in [-0.05, 0) is 12.8 Å². The Labute approximate surface area is 117 Å². The number of carbonyl (C=O) groups is 1. The lowest BCUT2D eigenvalue weighted by atomic mass is 9.94. The lowest BCUT2D eigenvalue weighted by Crippen LogP contribution is -2.38. The van der Waals surface area contributed by atoms with Crippen molar-refractivity contribution in [2.45, 2.75) is 32.1 Å². The number of hydrogen-bond donors (Lipinski definition) is 0. The van der Waals surface area contributed by atoms with E-state index in [0.717, 1.165) is 42.8 Å². The fourth-order valence-corrected chi connectivity index (χ4v) is 2.93. The molecule has 2 aromatic rings. The number of amides is 1. The minimum absolute atomic E-state index is 0.223. The maximum absolute atomic E-state index is 11.9. The molecule has 1 saturated heterocycles. The van der Waals surface area contributed by atoms with Crippen LogP contribution < -0.4 is 0 Å². The van der Waals surface area contributed by atoms with Gasteiger partial charge in [0.2, 0.25) is 5.91 Å². The van der Waals surface area contributed by atoms with Gasteiger partial charge in [0.15, 0.2) is 5.65 Å². The van der Waals surface area contributed by atoms with Gasteiger partial charge in [-0.2, -0.15) is 5.10 Å². The van der Waals surface area contributed by atoms with Crippen LogP contribution in [0.5, 0.6) is 0 Å². The van der Waals surface area contributed by atoms with Gasteiger partial charge in [-0.1, -0.05) is 6.92 Å². The maximum atomic E-state index is 11.9. The highest BCUT2D eigenvalue weighted by molar-refractivity contribution is 5.77. The van der Waals surface area contributed by atoms with E-state index < -0.39 is 0 Å². The van der Waals surface area contributed by atoms with E-state index in [2.05, 4.69) is 15.1 Å². The third-order valence-corrected chi connectivity index (χ3v) is 3.95. The minimum atomic E-state index is 0.223. The van der Waals surface area contributed by atoms with E-state index in [-0.39, 0.29) is 11.8 Å². The Balaban J connectivity index is 1.93. The highest BCUT2D eigenvalue weighted by Crippen LogP contribution is 2.29. The molecule has 0 saturated carbocycles. The number of hydrogen-bond acceptors (Lipinski definition) is 4. The first-order chi connectivity index (χ1) is 9.70. The highest BCUT2D eigenvalue weighted by atomic mass is 16.2. The van der Waals surface area contributed by atoms with Crippen molar-refractivity contribution in [1.29, 1.82) is 0 Å². The second-order valence-corrected chi connectivity index (χ2v) is 5.27. The second kappa shape index (κ2) is 5.19. The SMILES string of the molecule is CCC(=O)N1CCC[C@@H](c2nn(C)c3nccnc23)C1. The first-order valence-corrected chi connectivity index (χ1v) is 7.12. The minimum Gasteiger partial charge on any atom is -0.342 e. The summed E-state index contributed by atoms with van der Waals surface area (Å²) in [4.78, 5) is 22.6. The van der Waals surface area contributed by atoms with E-state index in [9.17, 15) is 4.79 Å². The highest BCUT2D eigenvalue weighted by Gasteiger charge is 2.28. The molecule has 0 N–H and O–H groups in total. The number of aromatic nitrogens is 4. The number of fused-ring (bicyclic) bond motifs is 1. The van der Waals surface area contributed by atoms with Crippen molar-refractivity contribution in [1.82, 2.24) is 24.6 Å². The molecule has 1 fully saturated rings. The fraction of sp³-hybridized carbons (Fsp3) is 0.571. The number of likely N-dealkylation sites (tertiary alicyclic amines) is 1. The van der Waals surface area contributed by atoms with Crippen LogP contribution in [0.3, 0.4) is 0 Å². The standard InChI is InChI=1S/C14H19N5O/c1-3-11(20)19-8-4-5-10(9-19)12-13-14(18(2)17-12)16-7-6-15-13/h6-7,10H,3-5,8-9H2,1-2H3/t10-/m1/s1. The Kier molecular flexibility index (Phi) is 3.38. The van der Waals surface area contributed by atoms with Crippen LogP contribution in [0, 0.1) is 0 Å². The lowest BCUT2D eigenvalue weighted by molar-refractivity contribution is -0.132. The number of rotatable bonds is 2. The van der Waals surface area contributed by atoms with Crippen LogP contribution in [0.25, 0.3) is 11.2 Å². The summed E-state index contributed by atoms with van der Waals surface area (Å²) in [6.45, 7) is 3.52. The van der Waals surface area contributed by atoms with Gasteiger partial charge in [0.1, 0.15) is 5.52 Å². The molecule has 6 nitrogen and oxygen atoms in total. The van der Waals surface area contributed by atoms with Crippen LogP contribution in [0.1, 0.15) is 37.8 Å². The summed E-state index contributed by atoms with van der Waals surface area (Å²) in [5.74, 6) is 0.487. The van der Waals surface area contributed by atoms with E-state index in [4.69, 9.17) is 0 Å². The molecule has 3 heterocycles. The average Bonchev–Trinajstić information content (AvgIpc) is 2.84. The Morgan fingerprint density at radius 1 is 1.40 bits per heavy atom. The zero-order valence-corrected chi connectivity index (χ0v) is 11.9. The van der Waals surface area contributed by atoms with Gasteiger partial charge in [0.05, 0.1) is 5.69 Å². The van der Waals surface area contributed by atoms with E-state index >= 15 is 0 Å². The van der Waals surface area contributed by atoms with Gasteiger partial charge in [-0.15, -0.1) is 0 Å². The molecule has 106 valence electrons. The summed E-state index contributed by atoms with van der Waals surface area (Å²) < 4.78 is 1.78. The molecule has 0 aliphatic carbocycles. The molecule has 0 aromatic carbocycles. The molecule has 0 spiro atoms. The molecule has 1 amide bonds. The zero-order chi connectivity index (χ0) is 14.1. The largest absolute Gasteiger partial charge is 0.342 e. The summed E-state index contributed by atoms with van der Waals surface area (Å²) in [5, 5.41) is 4.59. The maximum Gasteiger partial charge on any atom is 0.222 e. The van der Waals surface area contributed by atoms with Crippen LogP contribution >= 0.6 is 0 Å². The van der Waals surface area contributed by atoms with Gasteiger partial charge in [0.25, 0.3) is 0 Å². The van der Waals surface area contributed by atoms with Gasteiger partial charge in [0, 0.05) is 44.9 Å². The predicted octanol–water partition coefficient (Wildman–Crippen LogP) is 1.48. The summed E-state index contributed by atoms with van der Waals surface area (Å²) in [7, 11) is 1.89. The normalized spacial score (nSPS) is 19.5. The first kappa shape index (κ1) is 13.0. The Morgan fingerprint density at radius 3 is 3.00 bits per heavy atom. The number of piperidine rings is 1. The number of nitrogens with zero attached hydrogens (tertiary/aromatic N) is 5. The number of carbonyl (C=O) groups excluding carboxylic acids is 1. The smallest absolute Gasteiger partial charge is 0.222 e. The molecule has 20 heavy (non-hydrogen) atoms. The van der Waals surface area contributed by atoms with Gasteiger partial charge in [-0.25, -0.2) is 14.6 Å². The Bertz CT molecular complexity index is 636. The van der Waals surface area contributed by atoms with Crippen LogP contribution in [0.15, 0.2) is 12.4 Å². The summed E-state index contributed by atoms with van der Waals surface area (Å²) >= 11 is 0. The summed E-state index contributed by atoms with van der Waals surface area (Å²) in [6, 6.07) is 0. The van der Waals surface area contributed by atoms with Crippen LogP contribution in [0.2, 0.25) is 0 Å². The van der Waals surface area contributed by atoms with Gasteiger partial charge < -0.3 is 4.90 Å². The van der Waals surface area contributed by atoms with E-state index in [1.165, 1.54) is 0 Å². The van der Waals surface area contributed by atoms with E-state index in [1.54, 1.807) is 17.1 Å². The molecular weight excluding hydrogens is 254 g/mol. The molecule has 0 bridgehead atoms. The van der Waals surface area contributed by atoms with Crippen molar-refractivity contribution in [2.24, 2.45) is 7.05 Å². The first-order valence-electron chi connectivity index (χ1n) is 7.12. The molecule has 0 unspecified atom stereocenters. The van der Waals surface area contributed by atoms with Gasteiger partial charge >= 0.3 is 0 Å². The molecule has 6 heteroatoms. The third kappa shape index (κ3) is 2.15. The number of aryl methyl sites for hydroxylation is 1. The van der Waals surface area contributed by atoms with Crippen LogP contribution in [-0.4, -0.2) is 43.6 Å². The van der Waals surface area contributed by atoms with Crippen LogP contribution in [0.4, 0.5) is 0 Å². The van der Waals surface area contributed by atoms with Crippen molar-refractivity contribution < 1.29 is 4.79 Å². The molecule has 3 rings (SSSR count). The average molecular weight is 273 g/mol. The predicted molar refractivity (Wildman–Crippen MR) is 75.2 cm³/mol.